The molecule has 0 saturated carbocycles. The van der Waals surface area contributed by atoms with E-state index < -0.39 is 6.61 Å². The van der Waals surface area contributed by atoms with Gasteiger partial charge < -0.3 is 15.2 Å². The van der Waals surface area contributed by atoms with Crippen molar-refractivity contribution in [3.05, 3.63) is 29.8 Å². The average molecular weight is 259 g/mol. The zero-order valence-corrected chi connectivity index (χ0v) is 10.6. The van der Waals surface area contributed by atoms with E-state index in [1.54, 1.807) is 12.1 Å². The molecule has 0 heterocycles. The second kappa shape index (κ2) is 7.28. The van der Waals surface area contributed by atoms with Crippen LogP contribution < -0.4 is 10.1 Å². The van der Waals surface area contributed by atoms with E-state index in [-0.39, 0.29) is 24.3 Å². The van der Waals surface area contributed by atoms with Crippen LogP contribution in [-0.4, -0.2) is 24.4 Å². The lowest BCUT2D eigenvalue weighted by molar-refractivity contribution is -0.0498. The van der Waals surface area contributed by atoms with E-state index >= 15 is 0 Å². The Labute approximate surface area is 106 Å². The smallest absolute Gasteiger partial charge is 0.387 e. The molecule has 102 valence electrons. The highest BCUT2D eigenvalue weighted by Gasteiger charge is 2.10. The van der Waals surface area contributed by atoms with Gasteiger partial charge in [0.15, 0.2) is 0 Å². The number of halogens is 2. The molecule has 0 amide bonds. The maximum Gasteiger partial charge on any atom is 0.387 e. The van der Waals surface area contributed by atoms with Crippen LogP contribution in [-0.2, 0) is 6.54 Å². The maximum absolute atomic E-state index is 11.9. The van der Waals surface area contributed by atoms with Gasteiger partial charge in [-0.3, -0.25) is 0 Å². The van der Waals surface area contributed by atoms with E-state index in [0.29, 0.717) is 6.54 Å². The molecule has 0 aromatic heterocycles. The third-order valence-corrected chi connectivity index (χ3v) is 2.92. The Bertz CT molecular complexity index is 343. The fraction of sp³-hybridized carbons (Fsp3) is 0.538. The Morgan fingerprint density at radius 3 is 2.33 bits per heavy atom. The first kappa shape index (κ1) is 14.9. The summed E-state index contributed by atoms with van der Waals surface area (Å²) in [6.45, 7) is 1.92. The summed E-state index contributed by atoms with van der Waals surface area (Å²) in [5, 5.41) is 12.3. The molecule has 18 heavy (non-hydrogen) atoms. The van der Waals surface area contributed by atoms with Crippen molar-refractivity contribution in [2.75, 3.05) is 6.61 Å². The van der Waals surface area contributed by atoms with Gasteiger partial charge in [-0.1, -0.05) is 19.1 Å². The summed E-state index contributed by atoms with van der Waals surface area (Å²) in [4.78, 5) is 0. The summed E-state index contributed by atoms with van der Waals surface area (Å²) < 4.78 is 28.2. The molecule has 2 N–H and O–H groups in total. The van der Waals surface area contributed by atoms with Crippen LogP contribution in [0.3, 0.4) is 0 Å². The van der Waals surface area contributed by atoms with Gasteiger partial charge in [-0.2, -0.15) is 8.78 Å². The average Bonchev–Trinajstić information content (AvgIpc) is 2.36. The Morgan fingerprint density at radius 1 is 1.22 bits per heavy atom. The summed E-state index contributed by atoms with van der Waals surface area (Å²) >= 11 is 0. The van der Waals surface area contributed by atoms with Crippen molar-refractivity contribution in [3.63, 3.8) is 0 Å². The number of ether oxygens (including phenoxy) is 1. The Hall–Kier alpha value is -1.20. The number of rotatable bonds is 7. The Kier molecular flexibility index (Phi) is 6.01. The van der Waals surface area contributed by atoms with Crippen molar-refractivity contribution < 1.29 is 18.6 Å². The number of aliphatic hydroxyl groups is 1. The summed E-state index contributed by atoms with van der Waals surface area (Å²) in [6, 6.07) is 6.70. The quantitative estimate of drug-likeness (QED) is 0.790. The number of nitrogens with one attached hydrogen (secondary N) is 1. The van der Waals surface area contributed by atoms with E-state index in [2.05, 4.69) is 10.1 Å². The van der Waals surface area contributed by atoms with Crippen LogP contribution in [0.4, 0.5) is 8.78 Å². The lowest BCUT2D eigenvalue weighted by atomic mass is 10.0. The van der Waals surface area contributed by atoms with Crippen LogP contribution in [0.2, 0.25) is 0 Å². The van der Waals surface area contributed by atoms with E-state index in [9.17, 15) is 8.78 Å². The van der Waals surface area contributed by atoms with Crippen LogP contribution in [0.5, 0.6) is 5.75 Å². The molecule has 5 heteroatoms. The molecule has 1 rings (SSSR count). The topological polar surface area (TPSA) is 41.5 Å². The molecule has 0 aliphatic rings. The van der Waals surface area contributed by atoms with Gasteiger partial charge in [0.25, 0.3) is 0 Å². The zero-order valence-electron chi connectivity index (χ0n) is 10.6. The minimum Gasteiger partial charge on any atom is -0.435 e. The summed E-state index contributed by atoms with van der Waals surface area (Å²) in [7, 11) is 0. The maximum atomic E-state index is 11.9. The van der Waals surface area contributed by atoms with Crippen molar-refractivity contribution in [3.8, 4) is 5.75 Å². The number of alkyl halides is 2. The lowest BCUT2D eigenvalue weighted by Crippen LogP contribution is -2.33. The van der Waals surface area contributed by atoms with Crippen LogP contribution in [0.15, 0.2) is 24.3 Å². The fourth-order valence-electron chi connectivity index (χ4n) is 1.43. The van der Waals surface area contributed by atoms with Crippen LogP contribution in [0.25, 0.3) is 0 Å². The van der Waals surface area contributed by atoms with E-state index in [0.717, 1.165) is 5.56 Å². The van der Waals surface area contributed by atoms with Crippen molar-refractivity contribution >= 4 is 0 Å². The van der Waals surface area contributed by atoms with Crippen molar-refractivity contribution in [2.24, 2.45) is 5.92 Å². The van der Waals surface area contributed by atoms with Gasteiger partial charge in [-0.05, 0) is 30.5 Å². The molecule has 2 unspecified atom stereocenters. The minimum absolute atomic E-state index is 0.134. The predicted octanol–water partition coefficient (Wildman–Crippen LogP) is 2.39. The van der Waals surface area contributed by atoms with Gasteiger partial charge in [0.1, 0.15) is 5.75 Å². The molecule has 0 spiro atoms. The van der Waals surface area contributed by atoms with Gasteiger partial charge in [-0.25, -0.2) is 0 Å². The Balaban J connectivity index is 2.44. The van der Waals surface area contributed by atoms with Gasteiger partial charge in [0.05, 0.1) is 0 Å². The Morgan fingerprint density at radius 2 is 1.83 bits per heavy atom. The summed E-state index contributed by atoms with van der Waals surface area (Å²) in [5.41, 5.74) is 0.980. The third kappa shape index (κ3) is 4.98. The third-order valence-electron chi connectivity index (χ3n) is 2.92. The monoisotopic (exact) mass is 259 g/mol. The molecule has 0 fully saturated rings. The molecule has 3 nitrogen and oxygen atoms in total. The second-order valence-electron chi connectivity index (χ2n) is 4.35. The number of benzene rings is 1. The largest absolute Gasteiger partial charge is 0.435 e. The van der Waals surface area contributed by atoms with Crippen molar-refractivity contribution in [1.82, 2.24) is 5.32 Å². The second-order valence-corrected chi connectivity index (χ2v) is 4.35. The van der Waals surface area contributed by atoms with Crippen molar-refractivity contribution in [2.45, 2.75) is 33.0 Å². The van der Waals surface area contributed by atoms with E-state index in [1.807, 2.05) is 13.8 Å². The number of hydrogen-bond donors (Lipinski definition) is 2. The highest BCUT2D eigenvalue weighted by atomic mass is 19.3. The molecule has 1 aromatic rings. The molecule has 1 aromatic carbocycles. The number of aliphatic hydroxyl groups excluding tert-OH is 1. The predicted molar refractivity (Wildman–Crippen MR) is 65.6 cm³/mol. The summed E-state index contributed by atoms with van der Waals surface area (Å²) in [5.74, 6) is 0.331. The van der Waals surface area contributed by atoms with Gasteiger partial charge >= 0.3 is 6.61 Å². The SMILES string of the molecule is CC(CO)C(C)NCc1ccc(OC(F)F)cc1. The van der Waals surface area contributed by atoms with Gasteiger partial charge in [0.2, 0.25) is 0 Å². The first-order chi connectivity index (χ1) is 8.52. The van der Waals surface area contributed by atoms with Gasteiger partial charge in [0, 0.05) is 19.2 Å². The lowest BCUT2D eigenvalue weighted by Gasteiger charge is -2.19. The summed E-state index contributed by atoms with van der Waals surface area (Å²) in [6.07, 6.45) is 0. The first-order valence-electron chi connectivity index (χ1n) is 5.91. The molecule has 0 aliphatic heterocycles. The van der Waals surface area contributed by atoms with Crippen molar-refractivity contribution in [1.29, 1.82) is 0 Å². The van der Waals surface area contributed by atoms with Gasteiger partial charge in [-0.15, -0.1) is 0 Å². The zero-order chi connectivity index (χ0) is 13.5. The molecule has 2 atom stereocenters. The normalized spacial score (nSPS) is 14.6. The number of hydrogen-bond acceptors (Lipinski definition) is 3. The van der Waals surface area contributed by atoms with E-state index in [1.165, 1.54) is 12.1 Å². The molecule has 0 saturated heterocycles. The first-order valence-corrected chi connectivity index (χ1v) is 5.91. The van der Waals surface area contributed by atoms with E-state index in [4.69, 9.17) is 5.11 Å². The molecular formula is C13H19F2NO2. The fourth-order valence-corrected chi connectivity index (χ4v) is 1.43. The minimum atomic E-state index is -2.79. The molecular weight excluding hydrogens is 240 g/mol. The van der Waals surface area contributed by atoms with Crippen LogP contribution in [0.1, 0.15) is 19.4 Å². The van der Waals surface area contributed by atoms with Crippen LogP contribution in [0, 0.1) is 5.92 Å². The highest BCUT2D eigenvalue weighted by molar-refractivity contribution is 5.27. The molecule has 0 radical (unpaired) electrons. The molecule has 0 aliphatic carbocycles. The molecule has 0 bridgehead atoms. The highest BCUT2D eigenvalue weighted by Crippen LogP contribution is 2.15. The van der Waals surface area contributed by atoms with Crippen LogP contribution >= 0.6 is 0 Å². The standard InChI is InChI=1S/C13H19F2NO2/c1-9(8-17)10(2)16-7-11-3-5-12(6-4-11)18-13(14)15/h3-6,9-10,13,16-17H,7-8H2,1-2H3.